The Morgan fingerprint density at radius 3 is 2.79 bits per heavy atom. The number of nitrogens with one attached hydrogen (secondary N) is 3. The van der Waals surface area contributed by atoms with Gasteiger partial charge in [0.1, 0.15) is 11.8 Å². The Bertz CT molecular complexity index is 1390. The minimum absolute atomic E-state index is 0.0503. The number of rotatable bonds is 7. The summed E-state index contributed by atoms with van der Waals surface area (Å²) in [6.07, 6.45) is 7.08. The summed E-state index contributed by atoms with van der Waals surface area (Å²) in [7, 11) is 0. The first-order valence-electron chi connectivity index (χ1n) is 13.0. The van der Waals surface area contributed by atoms with Crippen LogP contribution in [0.4, 0.5) is 24.8 Å². The molecule has 0 aromatic carbocycles. The van der Waals surface area contributed by atoms with Crippen molar-refractivity contribution in [2.45, 2.75) is 76.2 Å². The number of alkyl halides is 3. The minimum Gasteiger partial charge on any atom is -0.364 e. The fourth-order valence-electron chi connectivity index (χ4n) is 5.49. The van der Waals surface area contributed by atoms with Crippen molar-refractivity contribution < 1.29 is 18.1 Å². The molecule has 1 fully saturated rings. The molecule has 3 aromatic rings. The number of allylic oxidation sites excluding steroid dienone is 1. The fourth-order valence-corrected chi connectivity index (χ4v) is 5.49. The summed E-state index contributed by atoms with van der Waals surface area (Å²) in [5, 5.41) is 17.6. The molecule has 1 saturated carbocycles. The molecule has 3 aromatic heterocycles. The van der Waals surface area contributed by atoms with E-state index in [0.717, 1.165) is 43.1 Å². The van der Waals surface area contributed by atoms with E-state index in [1.54, 1.807) is 12.3 Å². The normalized spacial score (nSPS) is 22.9. The van der Waals surface area contributed by atoms with E-state index in [1.807, 2.05) is 19.1 Å². The van der Waals surface area contributed by atoms with Gasteiger partial charge in [-0.1, -0.05) is 19.1 Å². The van der Waals surface area contributed by atoms with Gasteiger partial charge in [0.15, 0.2) is 0 Å². The number of hydrogen-bond acceptors (Lipinski definition) is 7. The maximum atomic E-state index is 14.0. The summed E-state index contributed by atoms with van der Waals surface area (Å²) in [5.74, 6) is 0.341. The number of aromatic nitrogens is 4. The van der Waals surface area contributed by atoms with E-state index in [9.17, 15) is 23.3 Å². The lowest BCUT2D eigenvalue weighted by molar-refractivity contribution is -0.385. The highest BCUT2D eigenvalue weighted by atomic mass is 19.4. The third kappa shape index (κ3) is 5.80. The smallest absolute Gasteiger partial charge is 0.364 e. The van der Waals surface area contributed by atoms with Gasteiger partial charge in [-0.2, -0.15) is 13.2 Å². The average molecular weight is 542 g/mol. The van der Waals surface area contributed by atoms with Crippen molar-refractivity contribution in [3.63, 3.8) is 0 Å². The van der Waals surface area contributed by atoms with E-state index in [-0.39, 0.29) is 34.8 Å². The maximum Gasteiger partial charge on any atom is 0.419 e. The second kappa shape index (κ2) is 10.4. The monoisotopic (exact) mass is 541 g/mol. The Hall–Kier alpha value is -3.80. The Balaban J connectivity index is 1.33. The van der Waals surface area contributed by atoms with E-state index in [4.69, 9.17) is 0 Å². The molecule has 12 heteroatoms. The summed E-state index contributed by atoms with van der Waals surface area (Å²) >= 11 is 0. The van der Waals surface area contributed by atoms with E-state index in [0.29, 0.717) is 24.2 Å². The molecule has 0 amide bonds. The quantitative estimate of drug-likeness (QED) is 0.240. The number of H-pyrrole nitrogens is 1. The van der Waals surface area contributed by atoms with Crippen molar-refractivity contribution in [2.24, 2.45) is 0 Å². The summed E-state index contributed by atoms with van der Waals surface area (Å²) in [4.78, 5) is 26.1. The summed E-state index contributed by atoms with van der Waals surface area (Å²) in [6, 6.07) is 3.00. The Kier molecular flexibility index (Phi) is 7.15. The van der Waals surface area contributed by atoms with Crippen molar-refractivity contribution in [3.05, 3.63) is 69.4 Å². The molecule has 2 aliphatic carbocycles. The Morgan fingerprint density at radius 2 is 2.08 bits per heavy atom. The van der Waals surface area contributed by atoms with Crippen LogP contribution in [0.1, 0.15) is 74.4 Å². The second-order valence-corrected chi connectivity index (χ2v) is 10.6. The van der Waals surface area contributed by atoms with Crippen LogP contribution in [0.25, 0.3) is 17.3 Å². The van der Waals surface area contributed by atoms with E-state index >= 15 is 0 Å². The molecule has 1 unspecified atom stereocenters. The Labute approximate surface area is 223 Å². The number of fused-ring (bicyclic) bond motifs is 1. The molecule has 0 bridgehead atoms. The van der Waals surface area contributed by atoms with Crippen LogP contribution in [0, 0.1) is 10.1 Å². The summed E-state index contributed by atoms with van der Waals surface area (Å²) in [5.41, 5.74) is 1.40. The lowest BCUT2D eigenvalue weighted by atomic mass is 9.80. The summed E-state index contributed by atoms with van der Waals surface area (Å²) < 4.78 is 41.9. The van der Waals surface area contributed by atoms with Crippen LogP contribution < -0.4 is 10.6 Å². The second-order valence-electron chi connectivity index (χ2n) is 10.6. The lowest BCUT2D eigenvalue weighted by Crippen LogP contribution is -2.48. The number of anilines is 1. The molecule has 0 radical (unpaired) electrons. The Morgan fingerprint density at radius 1 is 1.26 bits per heavy atom. The molecular formula is C27H30F3N7O2. The van der Waals surface area contributed by atoms with Crippen molar-refractivity contribution in [1.82, 2.24) is 25.3 Å². The molecule has 206 valence electrons. The van der Waals surface area contributed by atoms with Gasteiger partial charge in [-0.05, 0) is 45.1 Å². The minimum atomic E-state index is -4.60. The molecule has 9 nitrogen and oxygen atoms in total. The van der Waals surface area contributed by atoms with Crippen LogP contribution >= 0.6 is 0 Å². The third-order valence-corrected chi connectivity index (χ3v) is 7.60. The van der Waals surface area contributed by atoms with Crippen molar-refractivity contribution in [3.8, 4) is 11.3 Å². The van der Waals surface area contributed by atoms with Crippen LogP contribution in [-0.4, -0.2) is 36.4 Å². The number of nitrogens with zero attached hydrogens (tertiary/aromatic N) is 4. The van der Waals surface area contributed by atoms with E-state index in [1.165, 1.54) is 12.3 Å². The molecule has 3 atom stereocenters. The summed E-state index contributed by atoms with van der Waals surface area (Å²) in [6.45, 7) is 4.56. The predicted octanol–water partition coefficient (Wildman–Crippen LogP) is 6.22. The SMILES string of the molecule is CC1CC=Cc2c(-c3nc(N[C@@H]4CCC[C@](C)(NCc5ccc([N+](=O)[O-])cn5)C4)ncc3C(F)(F)F)c[nH]c21. The largest absolute Gasteiger partial charge is 0.419 e. The topological polar surface area (TPSA) is 122 Å². The van der Waals surface area contributed by atoms with Gasteiger partial charge in [-0.15, -0.1) is 0 Å². The third-order valence-electron chi connectivity index (χ3n) is 7.60. The van der Waals surface area contributed by atoms with Gasteiger partial charge in [0, 0.05) is 59.3 Å². The first-order valence-corrected chi connectivity index (χ1v) is 13.0. The molecular weight excluding hydrogens is 511 g/mol. The van der Waals surface area contributed by atoms with E-state index in [2.05, 4.69) is 37.5 Å². The average Bonchev–Trinajstić information content (AvgIpc) is 3.33. The fraction of sp³-hybridized carbons (Fsp3) is 0.444. The molecule has 0 aliphatic heterocycles. The molecule has 3 N–H and O–H groups in total. The molecule has 39 heavy (non-hydrogen) atoms. The highest BCUT2D eigenvalue weighted by Crippen LogP contribution is 2.41. The first kappa shape index (κ1) is 26.8. The lowest BCUT2D eigenvalue weighted by Gasteiger charge is -2.39. The number of halogens is 3. The predicted molar refractivity (Wildman–Crippen MR) is 141 cm³/mol. The maximum absolute atomic E-state index is 14.0. The number of pyridine rings is 1. The molecule has 0 saturated heterocycles. The molecule has 3 heterocycles. The van der Waals surface area contributed by atoms with Gasteiger partial charge >= 0.3 is 6.18 Å². The first-order chi connectivity index (χ1) is 18.5. The van der Waals surface area contributed by atoms with Crippen molar-refractivity contribution in [1.29, 1.82) is 0 Å². The standard InChI is InChI=1S/C27H30F3N7O2/c1-16-5-3-7-20-21(14-32-23(16)20)24-22(27(28,29)30)15-33-25(36-24)35-17-6-4-10-26(2,11-17)34-12-18-8-9-19(13-31-18)37(38)39/h3,7-9,13-17,32,34H,4-6,10-12H2,1-2H3,(H,33,35,36)/t16?,17-,26+/m1/s1. The molecule has 5 rings (SSSR count). The zero-order valence-electron chi connectivity index (χ0n) is 21.7. The van der Waals surface area contributed by atoms with Gasteiger partial charge in [-0.25, -0.2) is 9.97 Å². The van der Waals surface area contributed by atoms with Crippen LogP contribution in [0.5, 0.6) is 0 Å². The van der Waals surface area contributed by atoms with Crippen molar-refractivity contribution in [2.75, 3.05) is 5.32 Å². The highest BCUT2D eigenvalue weighted by molar-refractivity contribution is 5.78. The number of aromatic amines is 1. The van der Waals surface area contributed by atoms with Crippen LogP contribution in [-0.2, 0) is 12.7 Å². The van der Waals surface area contributed by atoms with Crippen LogP contribution in [0.15, 0.2) is 36.8 Å². The molecule has 0 spiro atoms. The number of nitro groups is 1. The van der Waals surface area contributed by atoms with Crippen LogP contribution in [0.3, 0.4) is 0 Å². The van der Waals surface area contributed by atoms with Gasteiger partial charge in [0.2, 0.25) is 5.95 Å². The van der Waals surface area contributed by atoms with Crippen LogP contribution in [0.2, 0.25) is 0 Å². The zero-order valence-corrected chi connectivity index (χ0v) is 21.7. The van der Waals surface area contributed by atoms with Crippen molar-refractivity contribution >= 4 is 17.7 Å². The zero-order chi connectivity index (χ0) is 27.8. The van der Waals surface area contributed by atoms with Gasteiger partial charge in [0.05, 0.1) is 16.3 Å². The van der Waals surface area contributed by atoms with Gasteiger partial charge in [0.25, 0.3) is 5.69 Å². The van der Waals surface area contributed by atoms with E-state index < -0.39 is 16.7 Å². The van der Waals surface area contributed by atoms with Gasteiger partial charge < -0.3 is 15.6 Å². The molecule has 2 aliphatic rings. The van der Waals surface area contributed by atoms with Gasteiger partial charge in [-0.3, -0.25) is 15.1 Å². The highest BCUT2D eigenvalue weighted by Gasteiger charge is 2.37. The number of hydrogen-bond donors (Lipinski definition) is 3.